The monoisotopic (exact) mass is 302 g/mol. The number of methoxy groups -OCH3 is 1. The summed E-state index contributed by atoms with van der Waals surface area (Å²) in [6.07, 6.45) is 0. The lowest BCUT2D eigenvalue weighted by molar-refractivity contribution is 0.332. The predicted molar refractivity (Wildman–Crippen MR) is 83.1 cm³/mol. The van der Waals surface area contributed by atoms with Crippen molar-refractivity contribution in [2.24, 2.45) is 0 Å². The van der Waals surface area contributed by atoms with Gasteiger partial charge in [0.25, 0.3) is 0 Å². The fraction of sp³-hybridized carbons (Fsp3) is 0.188. The molecular formula is C16H15ClN2O2. The average molecular weight is 303 g/mol. The highest BCUT2D eigenvalue weighted by atomic mass is 35.5. The Morgan fingerprint density at radius 2 is 1.86 bits per heavy atom. The molecule has 0 bridgehead atoms. The molecule has 0 amide bonds. The Morgan fingerprint density at radius 3 is 2.48 bits per heavy atom. The van der Waals surface area contributed by atoms with Gasteiger partial charge in [-0.15, -0.1) is 0 Å². The molecule has 2 rings (SSSR count). The maximum atomic E-state index is 8.77. The molecule has 108 valence electrons. The van der Waals surface area contributed by atoms with Gasteiger partial charge < -0.3 is 14.8 Å². The summed E-state index contributed by atoms with van der Waals surface area (Å²) < 4.78 is 10.7. The Morgan fingerprint density at radius 1 is 1.14 bits per heavy atom. The van der Waals surface area contributed by atoms with E-state index in [4.69, 9.17) is 26.3 Å². The Bertz CT molecular complexity index is 636. The summed E-state index contributed by atoms with van der Waals surface area (Å²) in [5.41, 5.74) is 1.33. The summed E-state index contributed by atoms with van der Waals surface area (Å²) in [5, 5.41) is 12.5. The number of nitrogens with one attached hydrogen (secondary N) is 1. The van der Waals surface area contributed by atoms with Crippen molar-refractivity contribution in [3.05, 3.63) is 53.1 Å². The number of nitrogens with zero attached hydrogens (tertiary/aromatic N) is 1. The molecule has 0 spiro atoms. The lowest BCUT2D eigenvalue weighted by atomic mass is 10.2. The molecule has 0 aliphatic rings. The van der Waals surface area contributed by atoms with Crippen molar-refractivity contribution >= 4 is 17.3 Å². The second kappa shape index (κ2) is 7.41. The zero-order chi connectivity index (χ0) is 15.1. The average Bonchev–Trinajstić information content (AvgIpc) is 2.53. The molecule has 0 unspecified atom stereocenters. The third-order valence-electron chi connectivity index (χ3n) is 2.84. The van der Waals surface area contributed by atoms with Gasteiger partial charge >= 0.3 is 0 Å². The highest BCUT2D eigenvalue weighted by Gasteiger charge is 2.01. The molecule has 0 heterocycles. The summed E-state index contributed by atoms with van der Waals surface area (Å²) >= 11 is 6.07. The molecule has 0 fully saturated rings. The molecule has 21 heavy (non-hydrogen) atoms. The van der Waals surface area contributed by atoms with Crippen molar-refractivity contribution in [3.8, 4) is 17.6 Å². The van der Waals surface area contributed by atoms with Crippen LogP contribution in [0.15, 0.2) is 42.5 Å². The minimum atomic E-state index is 0.503. The Balaban J connectivity index is 1.80. The molecule has 0 saturated carbocycles. The molecule has 0 radical (unpaired) electrons. The van der Waals surface area contributed by atoms with Crippen LogP contribution in [0.1, 0.15) is 5.56 Å². The van der Waals surface area contributed by atoms with Gasteiger partial charge in [-0.25, -0.2) is 0 Å². The van der Waals surface area contributed by atoms with E-state index in [9.17, 15) is 0 Å². The van der Waals surface area contributed by atoms with Crippen molar-refractivity contribution in [2.45, 2.75) is 0 Å². The van der Waals surface area contributed by atoms with E-state index in [0.717, 1.165) is 17.2 Å². The lowest BCUT2D eigenvalue weighted by Crippen LogP contribution is -2.11. The van der Waals surface area contributed by atoms with E-state index in [0.29, 0.717) is 23.7 Å². The van der Waals surface area contributed by atoms with Crippen LogP contribution in [0.5, 0.6) is 11.5 Å². The van der Waals surface area contributed by atoms with Crippen LogP contribution in [0.2, 0.25) is 5.02 Å². The highest BCUT2D eigenvalue weighted by molar-refractivity contribution is 6.33. The largest absolute Gasteiger partial charge is 0.497 e. The predicted octanol–water partition coefficient (Wildman–Crippen LogP) is 3.71. The summed E-state index contributed by atoms with van der Waals surface area (Å²) in [6, 6.07) is 14.6. The maximum Gasteiger partial charge on any atom is 0.119 e. The third kappa shape index (κ3) is 4.30. The van der Waals surface area contributed by atoms with Crippen molar-refractivity contribution in [3.63, 3.8) is 0 Å². The number of halogens is 1. The number of benzene rings is 2. The van der Waals surface area contributed by atoms with E-state index in [1.165, 1.54) is 0 Å². The van der Waals surface area contributed by atoms with E-state index in [2.05, 4.69) is 5.32 Å². The first-order valence-corrected chi connectivity index (χ1v) is 6.81. The van der Waals surface area contributed by atoms with Gasteiger partial charge in [0.05, 0.1) is 29.5 Å². The van der Waals surface area contributed by atoms with Crippen LogP contribution in [0.25, 0.3) is 0 Å². The summed E-state index contributed by atoms with van der Waals surface area (Å²) in [5.74, 6) is 1.58. The summed E-state index contributed by atoms with van der Waals surface area (Å²) in [4.78, 5) is 0. The van der Waals surface area contributed by atoms with Crippen LogP contribution >= 0.6 is 11.6 Å². The lowest BCUT2D eigenvalue weighted by Gasteiger charge is -2.10. The molecule has 5 heteroatoms. The first-order valence-electron chi connectivity index (χ1n) is 6.43. The fourth-order valence-corrected chi connectivity index (χ4v) is 2.00. The van der Waals surface area contributed by atoms with Gasteiger partial charge in [0, 0.05) is 6.54 Å². The van der Waals surface area contributed by atoms with Gasteiger partial charge in [-0.05, 0) is 42.5 Å². The fourth-order valence-electron chi connectivity index (χ4n) is 1.75. The smallest absolute Gasteiger partial charge is 0.119 e. The van der Waals surface area contributed by atoms with Crippen LogP contribution < -0.4 is 14.8 Å². The first-order chi connectivity index (χ1) is 10.2. The molecule has 0 atom stereocenters. The van der Waals surface area contributed by atoms with Gasteiger partial charge in [0.15, 0.2) is 0 Å². The van der Waals surface area contributed by atoms with Crippen LogP contribution in [-0.2, 0) is 0 Å². The van der Waals surface area contributed by atoms with Crippen molar-refractivity contribution < 1.29 is 9.47 Å². The van der Waals surface area contributed by atoms with E-state index >= 15 is 0 Å². The van der Waals surface area contributed by atoms with Crippen LogP contribution in [-0.4, -0.2) is 20.3 Å². The molecule has 2 aromatic carbocycles. The Hall–Kier alpha value is -2.38. The zero-order valence-electron chi connectivity index (χ0n) is 11.6. The number of ether oxygens (including phenoxy) is 2. The number of anilines is 1. The molecule has 0 aromatic heterocycles. The normalized spacial score (nSPS) is 9.76. The quantitative estimate of drug-likeness (QED) is 0.826. The van der Waals surface area contributed by atoms with E-state index < -0.39 is 0 Å². The van der Waals surface area contributed by atoms with Crippen LogP contribution in [0.4, 0.5) is 5.69 Å². The van der Waals surface area contributed by atoms with E-state index in [1.54, 1.807) is 25.3 Å². The van der Waals surface area contributed by atoms with Crippen molar-refractivity contribution in [1.29, 1.82) is 5.26 Å². The Kier molecular flexibility index (Phi) is 5.30. The van der Waals surface area contributed by atoms with Crippen molar-refractivity contribution in [1.82, 2.24) is 0 Å². The first kappa shape index (κ1) is 15.0. The van der Waals surface area contributed by atoms with Gasteiger partial charge in [-0.2, -0.15) is 5.26 Å². The molecule has 1 N–H and O–H groups in total. The second-order valence-electron chi connectivity index (χ2n) is 4.26. The number of hydrogen-bond acceptors (Lipinski definition) is 4. The number of rotatable bonds is 6. The SMILES string of the molecule is COc1ccc(OCCNc2ccc(C#N)cc2Cl)cc1. The van der Waals surface area contributed by atoms with Gasteiger partial charge in [-0.3, -0.25) is 0 Å². The topological polar surface area (TPSA) is 54.3 Å². The van der Waals surface area contributed by atoms with Gasteiger partial charge in [0.1, 0.15) is 18.1 Å². The van der Waals surface area contributed by atoms with Gasteiger partial charge in [0.2, 0.25) is 0 Å². The molecule has 2 aromatic rings. The molecule has 4 nitrogen and oxygen atoms in total. The maximum absolute atomic E-state index is 8.77. The highest BCUT2D eigenvalue weighted by Crippen LogP contribution is 2.22. The number of nitriles is 1. The molecule has 0 aliphatic heterocycles. The van der Waals surface area contributed by atoms with Crippen LogP contribution in [0, 0.1) is 11.3 Å². The Labute approximate surface area is 128 Å². The number of hydrogen-bond donors (Lipinski definition) is 1. The second-order valence-corrected chi connectivity index (χ2v) is 4.66. The standard InChI is InChI=1S/C16H15ClN2O2/c1-20-13-3-5-14(6-4-13)21-9-8-19-16-7-2-12(11-18)10-15(16)17/h2-7,10,19H,8-9H2,1H3. The zero-order valence-corrected chi connectivity index (χ0v) is 12.4. The minimum Gasteiger partial charge on any atom is -0.497 e. The minimum absolute atomic E-state index is 0.503. The van der Waals surface area contributed by atoms with E-state index in [-0.39, 0.29) is 0 Å². The van der Waals surface area contributed by atoms with Crippen LogP contribution in [0.3, 0.4) is 0 Å². The molecule has 0 saturated heterocycles. The summed E-state index contributed by atoms with van der Waals surface area (Å²) in [6.45, 7) is 1.11. The molecular weight excluding hydrogens is 288 g/mol. The summed E-state index contributed by atoms with van der Waals surface area (Å²) in [7, 11) is 1.63. The van der Waals surface area contributed by atoms with Gasteiger partial charge in [-0.1, -0.05) is 11.6 Å². The van der Waals surface area contributed by atoms with Crippen molar-refractivity contribution in [2.75, 3.05) is 25.6 Å². The molecule has 0 aliphatic carbocycles. The van der Waals surface area contributed by atoms with E-state index in [1.807, 2.05) is 30.3 Å². The third-order valence-corrected chi connectivity index (χ3v) is 3.16.